The number of hydrogen-bond acceptors (Lipinski definition) is 7. The Kier molecular flexibility index (Phi) is 6.13. The van der Waals surface area contributed by atoms with Crippen LogP contribution in [0.3, 0.4) is 0 Å². The third-order valence-electron chi connectivity index (χ3n) is 6.17. The van der Waals surface area contributed by atoms with E-state index in [0.29, 0.717) is 34.7 Å². The molecule has 3 aromatic heterocycles. The Hall–Kier alpha value is -4.28. The summed E-state index contributed by atoms with van der Waals surface area (Å²) in [7, 11) is 1.50. The van der Waals surface area contributed by atoms with Crippen molar-refractivity contribution in [2.75, 3.05) is 12.4 Å². The first-order valence-corrected chi connectivity index (χ1v) is 11.7. The Balaban J connectivity index is 1.48. The van der Waals surface area contributed by atoms with Crippen molar-refractivity contribution in [1.29, 1.82) is 0 Å². The van der Waals surface area contributed by atoms with Gasteiger partial charge in [0.05, 0.1) is 11.4 Å². The summed E-state index contributed by atoms with van der Waals surface area (Å²) in [6.45, 7) is 6.35. The van der Waals surface area contributed by atoms with Gasteiger partial charge >= 0.3 is 6.09 Å². The molecule has 2 N–H and O–H groups in total. The van der Waals surface area contributed by atoms with Gasteiger partial charge < -0.3 is 15.4 Å². The van der Waals surface area contributed by atoms with E-state index in [1.807, 2.05) is 11.6 Å². The van der Waals surface area contributed by atoms with E-state index in [9.17, 15) is 9.18 Å². The number of ether oxygens (including phenoxy) is 1. The average Bonchev–Trinajstić information content (AvgIpc) is 3.59. The first kappa shape index (κ1) is 23.5. The maximum Gasteiger partial charge on any atom is 0.412 e. The van der Waals surface area contributed by atoms with E-state index in [2.05, 4.69) is 25.7 Å². The second kappa shape index (κ2) is 9.40. The van der Waals surface area contributed by atoms with Crippen molar-refractivity contribution >= 4 is 17.7 Å². The molecule has 1 saturated carbocycles. The minimum absolute atomic E-state index is 0.284. The third kappa shape index (κ3) is 4.64. The van der Waals surface area contributed by atoms with Gasteiger partial charge in [-0.3, -0.25) is 0 Å². The van der Waals surface area contributed by atoms with E-state index in [4.69, 9.17) is 9.84 Å². The standard InChI is InChI=1S/C25H27FN8O2/c1-14-22(18-7-9-19(26)10-8-18)32-33(12-17-5-6-17)24(14)30-20-11-21(29-13-28-20)34-16(3)23(15(2)31-34)36-25(35)27-4/h7-11,13,17H,5-6,12H2,1-4H3,(H,27,35)(H,28,29,30). The van der Waals surface area contributed by atoms with Crippen LogP contribution in [0.4, 0.5) is 20.8 Å². The zero-order valence-electron chi connectivity index (χ0n) is 20.5. The molecule has 0 unspecified atom stereocenters. The van der Waals surface area contributed by atoms with E-state index in [-0.39, 0.29) is 5.82 Å². The van der Waals surface area contributed by atoms with Gasteiger partial charge in [-0.1, -0.05) is 0 Å². The molecule has 0 radical (unpaired) electrons. The number of halogens is 1. The lowest BCUT2D eigenvalue weighted by atomic mass is 10.1. The maximum absolute atomic E-state index is 13.5. The minimum atomic E-state index is -0.567. The van der Waals surface area contributed by atoms with Crippen LogP contribution in [0.2, 0.25) is 0 Å². The zero-order valence-corrected chi connectivity index (χ0v) is 20.5. The Labute approximate surface area is 207 Å². The largest absolute Gasteiger partial charge is 0.412 e. The third-order valence-corrected chi connectivity index (χ3v) is 6.17. The summed E-state index contributed by atoms with van der Waals surface area (Å²) in [6.07, 6.45) is 3.24. The highest BCUT2D eigenvalue weighted by molar-refractivity contribution is 5.72. The number of aromatic nitrogens is 6. The fourth-order valence-corrected chi connectivity index (χ4v) is 4.06. The average molecular weight is 491 g/mol. The molecule has 0 atom stereocenters. The van der Waals surface area contributed by atoms with Gasteiger partial charge in [0.1, 0.15) is 29.5 Å². The number of carbonyl (C=O) groups excluding carboxylic acids is 1. The number of nitrogens with one attached hydrogen (secondary N) is 2. The number of aryl methyl sites for hydroxylation is 1. The van der Waals surface area contributed by atoms with Crippen LogP contribution in [0.1, 0.15) is 29.8 Å². The fraction of sp³-hybridized carbons (Fsp3) is 0.320. The predicted octanol–water partition coefficient (Wildman–Crippen LogP) is 4.46. The lowest BCUT2D eigenvalue weighted by molar-refractivity contribution is 0.202. The molecule has 4 aromatic rings. The van der Waals surface area contributed by atoms with Crippen LogP contribution in [0.25, 0.3) is 17.1 Å². The van der Waals surface area contributed by atoms with E-state index in [1.54, 1.807) is 36.7 Å². The lowest BCUT2D eigenvalue weighted by Gasteiger charge is -2.11. The smallest absolute Gasteiger partial charge is 0.406 e. The molecular formula is C25H27FN8O2. The molecule has 11 heteroatoms. The van der Waals surface area contributed by atoms with Crippen LogP contribution in [0, 0.1) is 32.5 Å². The number of anilines is 2. The molecular weight excluding hydrogens is 463 g/mol. The van der Waals surface area contributed by atoms with Crippen molar-refractivity contribution in [3.8, 4) is 22.8 Å². The van der Waals surface area contributed by atoms with Gasteiger partial charge in [0.2, 0.25) is 0 Å². The Bertz CT molecular complexity index is 1420. The summed E-state index contributed by atoms with van der Waals surface area (Å²) >= 11 is 0. The van der Waals surface area contributed by atoms with Gasteiger partial charge in [-0.15, -0.1) is 0 Å². The lowest BCUT2D eigenvalue weighted by Crippen LogP contribution is -2.22. The molecule has 0 bridgehead atoms. The molecule has 10 nitrogen and oxygen atoms in total. The molecule has 1 aromatic carbocycles. The van der Waals surface area contributed by atoms with Crippen LogP contribution in [0.15, 0.2) is 36.7 Å². The molecule has 1 aliphatic carbocycles. The summed E-state index contributed by atoms with van der Waals surface area (Å²) in [4.78, 5) is 20.5. The van der Waals surface area contributed by atoms with Crippen molar-refractivity contribution in [3.05, 3.63) is 59.4 Å². The van der Waals surface area contributed by atoms with Gasteiger partial charge in [0.15, 0.2) is 11.6 Å². The van der Waals surface area contributed by atoms with Crippen molar-refractivity contribution in [3.63, 3.8) is 0 Å². The summed E-state index contributed by atoms with van der Waals surface area (Å²) in [5.41, 5.74) is 3.78. The van der Waals surface area contributed by atoms with E-state index in [1.165, 1.54) is 38.3 Å². The molecule has 0 aliphatic heterocycles. The number of hydrogen-bond donors (Lipinski definition) is 2. The second-order valence-corrected chi connectivity index (χ2v) is 8.89. The van der Waals surface area contributed by atoms with Gasteiger partial charge in [-0.2, -0.15) is 10.2 Å². The highest BCUT2D eigenvalue weighted by atomic mass is 19.1. The van der Waals surface area contributed by atoms with Gasteiger partial charge in [-0.25, -0.2) is 28.5 Å². The summed E-state index contributed by atoms with van der Waals surface area (Å²) in [5, 5.41) is 15.2. The number of carbonyl (C=O) groups is 1. The predicted molar refractivity (Wildman–Crippen MR) is 132 cm³/mol. The second-order valence-electron chi connectivity index (χ2n) is 8.89. The monoisotopic (exact) mass is 490 g/mol. The van der Waals surface area contributed by atoms with Crippen LogP contribution < -0.4 is 15.4 Å². The van der Waals surface area contributed by atoms with Gasteiger partial charge in [0, 0.05) is 30.8 Å². The number of amides is 1. The van der Waals surface area contributed by atoms with Crippen molar-refractivity contribution < 1.29 is 13.9 Å². The summed E-state index contributed by atoms with van der Waals surface area (Å²) in [5.74, 6) is 2.60. The normalized spacial score (nSPS) is 13.0. The SMILES string of the molecule is CNC(=O)Oc1c(C)nn(-c2cc(Nc3c(C)c(-c4ccc(F)cc4)nn3CC3CC3)ncn2)c1C. The van der Waals surface area contributed by atoms with Crippen LogP contribution in [-0.4, -0.2) is 42.7 Å². The van der Waals surface area contributed by atoms with Gasteiger partial charge in [0.25, 0.3) is 0 Å². The molecule has 1 aliphatic rings. The molecule has 3 heterocycles. The highest BCUT2D eigenvalue weighted by Crippen LogP contribution is 2.35. The molecule has 0 spiro atoms. The maximum atomic E-state index is 13.5. The van der Waals surface area contributed by atoms with Crippen molar-refractivity contribution in [2.45, 2.75) is 40.2 Å². The number of rotatable bonds is 7. The molecule has 0 saturated heterocycles. The number of benzene rings is 1. The molecule has 5 rings (SSSR count). The Morgan fingerprint density at radius 2 is 1.89 bits per heavy atom. The fourth-order valence-electron chi connectivity index (χ4n) is 4.06. The first-order chi connectivity index (χ1) is 17.3. The number of nitrogens with zero attached hydrogens (tertiary/aromatic N) is 6. The highest BCUT2D eigenvalue weighted by Gasteiger charge is 2.26. The van der Waals surface area contributed by atoms with Crippen LogP contribution >= 0.6 is 0 Å². The van der Waals surface area contributed by atoms with E-state index < -0.39 is 6.09 Å². The van der Waals surface area contributed by atoms with Crippen LogP contribution in [0.5, 0.6) is 5.75 Å². The first-order valence-electron chi connectivity index (χ1n) is 11.7. The zero-order chi connectivity index (χ0) is 25.4. The van der Waals surface area contributed by atoms with Gasteiger partial charge in [-0.05, 0) is 63.8 Å². The Morgan fingerprint density at radius 3 is 2.58 bits per heavy atom. The van der Waals surface area contributed by atoms with Crippen molar-refractivity contribution in [2.24, 2.45) is 5.92 Å². The molecule has 186 valence electrons. The summed E-state index contributed by atoms with van der Waals surface area (Å²) in [6, 6.07) is 8.12. The quantitative estimate of drug-likeness (QED) is 0.393. The minimum Gasteiger partial charge on any atom is -0.406 e. The van der Waals surface area contributed by atoms with E-state index >= 15 is 0 Å². The van der Waals surface area contributed by atoms with Crippen LogP contribution in [-0.2, 0) is 6.54 Å². The van der Waals surface area contributed by atoms with Crippen molar-refractivity contribution in [1.82, 2.24) is 34.8 Å². The molecule has 36 heavy (non-hydrogen) atoms. The van der Waals surface area contributed by atoms with E-state index in [0.717, 1.165) is 29.2 Å². The Morgan fingerprint density at radius 1 is 1.14 bits per heavy atom. The summed E-state index contributed by atoms with van der Waals surface area (Å²) < 4.78 is 22.4. The molecule has 1 amide bonds. The topological polar surface area (TPSA) is 112 Å². The molecule has 1 fully saturated rings.